The first-order valence-electron chi connectivity index (χ1n) is 6.62. The summed E-state index contributed by atoms with van der Waals surface area (Å²) >= 11 is 7.90. The summed E-state index contributed by atoms with van der Waals surface area (Å²) in [5, 5.41) is 10.1. The molecule has 2 aromatic carbocycles. The van der Waals surface area contributed by atoms with Crippen LogP contribution in [0.1, 0.15) is 17.7 Å². The molecular weight excluding hydrogens is 302 g/mol. The van der Waals surface area contributed by atoms with Crippen LogP contribution in [0.4, 0.5) is 0 Å². The number of para-hydroxylation sites is 1. The minimum absolute atomic E-state index is 0.199. The van der Waals surface area contributed by atoms with Crippen molar-refractivity contribution < 1.29 is 0 Å². The van der Waals surface area contributed by atoms with Crippen molar-refractivity contribution in [2.45, 2.75) is 17.3 Å². The van der Waals surface area contributed by atoms with E-state index < -0.39 is 0 Å². The molecular formula is C16H14ClN3S. The normalized spacial score (nSPS) is 12.3. The molecule has 0 aliphatic carbocycles. The molecule has 0 fully saturated rings. The summed E-state index contributed by atoms with van der Waals surface area (Å²) in [5.74, 6) is 0. The van der Waals surface area contributed by atoms with E-state index in [9.17, 15) is 0 Å². The summed E-state index contributed by atoms with van der Waals surface area (Å²) < 4.78 is 1.98. The van der Waals surface area contributed by atoms with Crippen LogP contribution in [-0.2, 0) is 0 Å². The Balaban J connectivity index is 1.87. The van der Waals surface area contributed by atoms with Crippen molar-refractivity contribution in [3.63, 3.8) is 0 Å². The van der Waals surface area contributed by atoms with Crippen LogP contribution in [0.25, 0.3) is 5.69 Å². The van der Waals surface area contributed by atoms with Gasteiger partial charge in [0.25, 0.3) is 0 Å². The highest BCUT2D eigenvalue weighted by Crippen LogP contribution is 2.37. The second kappa shape index (κ2) is 6.33. The molecule has 0 spiro atoms. The van der Waals surface area contributed by atoms with Gasteiger partial charge in [0.1, 0.15) is 6.33 Å². The molecule has 3 aromatic rings. The Morgan fingerprint density at radius 2 is 1.76 bits per heavy atom. The quantitative estimate of drug-likeness (QED) is 0.649. The monoisotopic (exact) mass is 315 g/mol. The maximum atomic E-state index is 6.26. The van der Waals surface area contributed by atoms with E-state index in [1.54, 1.807) is 18.1 Å². The van der Waals surface area contributed by atoms with Gasteiger partial charge in [-0.05, 0) is 30.7 Å². The van der Waals surface area contributed by atoms with Gasteiger partial charge in [0.2, 0.25) is 0 Å². The molecule has 0 saturated carbocycles. The zero-order valence-electron chi connectivity index (χ0n) is 11.5. The summed E-state index contributed by atoms with van der Waals surface area (Å²) in [7, 11) is 0. The van der Waals surface area contributed by atoms with Crippen LogP contribution in [0.2, 0.25) is 5.02 Å². The Kier molecular flexibility index (Phi) is 4.27. The van der Waals surface area contributed by atoms with E-state index in [-0.39, 0.29) is 5.25 Å². The van der Waals surface area contributed by atoms with Crippen molar-refractivity contribution in [2.75, 3.05) is 0 Å². The van der Waals surface area contributed by atoms with Gasteiger partial charge in [0, 0.05) is 16.0 Å². The summed E-state index contributed by atoms with van der Waals surface area (Å²) in [6, 6.07) is 18.0. The number of thioether (sulfide) groups is 1. The number of benzene rings is 2. The lowest BCUT2D eigenvalue weighted by Crippen LogP contribution is -1.97. The van der Waals surface area contributed by atoms with Crippen LogP contribution in [0.5, 0.6) is 0 Å². The highest BCUT2D eigenvalue weighted by molar-refractivity contribution is 7.99. The third-order valence-electron chi connectivity index (χ3n) is 3.18. The maximum absolute atomic E-state index is 6.26. The number of aromatic nitrogens is 3. The average molecular weight is 316 g/mol. The summed E-state index contributed by atoms with van der Waals surface area (Å²) in [6.07, 6.45) is 1.73. The second-order valence-corrected chi connectivity index (χ2v) is 6.32. The van der Waals surface area contributed by atoms with Gasteiger partial charge >= 0.3 is 0 Å². The predicted molar refractivity (Wildman–Crippen MR) is 87.1 cm³/mol. The van der Waals surface area contributed by atoms with Gasteiger partial charge < -0.3 is 0 Å². The molecule has 21 heavy (non-hydrogen) atoms. The van der Waals surface area contributed by atoms with Crippen LogP contribution < -0.4 is 0 Å². The highest BCUT2D eigenvalue weighted by atomic mass is 35.5. The van der Waals surface area contributed by atoms with Crippen molar-refractivity contribution in [3.8, 4) is 5.69 Å². The van der Waals surface area contributed by atoms with E-state index in [1.165, 1.54) is 0 Å². The van der Waals surface area contributed by atoms with Crippen LogP contribution in [0.3, 0.4) is 0 Å². The van der Waals surface area contributed by atoms with Gasteiger partial charge in [0.15, 0.2) is 5.16 Å². The molecule has 0 N–H and O–H groups in total. The molecule has 0 radical (unpaired) electrons. The molecule has 1 heterocycles. The predicted octanol–water partition coefficient (Wildman–Crippen LogP) is 4.77. The first-order chi connectivity index (χ1) is 10.3. The topological polar surface area (TPSA) is 30.7 Å². The summed E-state index contributed by atoms with van der Waals surface area (Å²) in [6.45, 7) is 2.12. The molecule has 5 heteroatoms. The molecule has 1 atom stereocenters. The summed E-state index contributed by atoms with van der Waals surface area (Å²) in [4.78, 5) is 0. The molecule has 3 rings (SSSR count). The fourth-order valence-electron chi connectivity index (χ4n) is 2.10. The lowest BCUT2D eigenvalue weighted by atomic mass is 10.2. The van der Waals surface area contributed by atoms with Crippen molar-refractivity contribution in [1.82, 2.24) is 14.8 Å². The van der Waals surface area contributed by atoms with E-state index >= 15 is 0 Å². The SMILES string of the molecule is CC(Sc1nncn1-c1ccccc1)c1ccccc1Cl. The Hall–Kier alpha value is -1.78. The van der Waals surface area contributed by atoms with Crippen LogP contribution in [0.15, 0.2) is 66.1 Å². The van der Waals surface area contributed by atoms with E-state index in [0.717, 1.165) is 21.4 Å². The first-order valence-corrected chi connectivity index (χ1v) is 7.88. The molecule has 0 saturated heterocycles. The third kappa shape index (κ3) is 3.12. The molecule has 106 valence electrons. The molecule has 0 bridgehead atoms. The van der Waals surface area contributed by atoms with E-state index in [2.05, 4.69) is 17.1 Å². The number of hydrogen-bond donors (Lipinski definition) is 0. The lowest BCUT2D eigenvalue weighted by molar-refractivity contribution is 0.876. The molecule has 0 aliphatic heterocycles. The Morgan fingerprint density at radius 3 is 2.52 bits per heavy atom. The average Bonchev–Trinajstić information content (AvgIpc) is 2.96. The van der Waals surface area contributed by atoms with Crippen molar-refractivity contribution in [3.05, 3.63) is 71.5 Å². The second-order valence-electron chi connectivity index (χ2n) is 4.60. The van der Waals surface area contributed by atoms with Gasteiger partial charge in [-0.1, -0.05) is 59.8 Å². The van der Waals surface area contributed by atoms with Crippen LogP contribution >= 0.6 is 23.4 Å². The summed E-state index contributed by atoms with van der Waals surface area (Å²) in [5.41, 5.74) is 2.16. The number of rotatable bonds is 4. The minimum Gasteiger partial charge on any atom is -0.277 e. The van der Waals surface area contributed by atoms with Gasteiger partial charge in [-0.3, -0.25) is 4.57 Å². The van der Waals surface area contributed by atoms with Gasteiger partial charge in [0.05, 0.1) is 0 Å². The molecule has 1 unspecified atom stereocenters. The Morgan fingerprint density at radius 1 is 1.05 bits per heavy atom. The Labute approximate surface area is 133 Å². The fraction of sp³-hybridized carbons (Fsp3) is 0.125. The first kappa shape index (κ1) is 14.2. The molecule has 1 aromatic heterocycles. The Bertz CT molecular complexity index is 727. The fourth-order valence-corrected chi connectivity index (χ4v) is 3.47. The third-order valence-corrected chi connectivity index (χ3v) is 4.62. The largest absolute Gasteiger partial charge is 0.277 e. The van der Waals surface area contributed by atoms with Gasteiger partial charge in [-0.25, -0.2) is 0 Å². The minimum atomic E-state index is 0.199. The zero-order chi connectivity index (χ0) is 14.7. The number of hydrogen-bond acceptors (Lipinski definition) is 3. The molecule has 0 amide bonds. The standard InChI is InChI=1S/C16H14ClN3S/c1-12(14-9-5-6-10-15(14)17)21-16-19-18-11-20(16)13-7-3-2-4-8-13/h2-12H,1H3. The smallest absolute Gasteiger partial charge is 0.196 e. The number of halogens is 1. The highest BCUT2D eigenvalue weighted by Gasteiger charge is 2.15. The van der Waals surface area contributed by atoms with Crippen LogP contribution in [0, 0.1) is 0 Å². The van der Waals surface area contributed by atoms with Gasteiger partial charge in [-0.15, -0.1) is 10.2 Å². The maximum Gasteiger partial charge on any atom is 0.196 e. The number of nitrogens with zero attached hydrogens (tertiary/aromatic N) is 3. The van der Waals surface area contributed by atoms with Crippen molar-refractivity contribution in [2.24, 2.45) is 0 Å². The van der Waals surface area contributed by atoms with E-state index in [4.69, 9.17) is 11.6 Å². The molecule has 3 nitrogen and oxygen atoms in total. The van der Waals surface area contributed by atoms with Crippen molar-refractivity contribution >= 4 is 23.4 Å². The van der Waals surface area contributed by atoms with E-state index in [0.29, 0.717) is 0 Å². The van der Waals surface area contributed by atoms with E-state index in [1.807, 2.05) is 59.2 Å². The van der Waals surface area contributed by atoms with Gasteiger partial charge in [-0.2, -0.15) is 0 Å². The lowest BCUT2D eigenvalue weighted by Gasteiger charge is -2.13. The van der Waals surface area contributed by atoms with Crippen molar-refractivity contribution in [1.29, 1.82) is 0 Å². The molecule has 0 aliphatic rings. The van der Waals surface area contributed by atoms with Crippen LogP contribution in [-0.4, -0.2) is 14.8 Å². The zero-order valence-corrected chi connectivity index (χ0v) is 13.1.